The average Bonchev–Trinajstić information content (AvgIpc) is 3.20. The molecule has 2 aromatic rings. The van der Waals surface area contributed by atoms with Crippen molar-refractivity contribution in [3.8, 4) is 12.0 Å². The van der Waals surface area contributed by atoms with Gasteiger partial charge < -0.3 is 19.9 Å². The van der Waals surface area contributed by atoms with Crippen molar-refractivity contribution in [2.24, 2.45) is 0 Å². The number of hydrogen-bond donors (Lipinski definition) is 1. The molecule has 3 rings (SSSR count). The molecule has 138 valence electrons. The van der Waals surface area contributed by atoms with Crippen LogP contribution in [0.5, 0.6) is 12.0 Å². The number of nitrogens with zero attached hydrogens (tertiary/aromatic N) is 4. The molecule has 0 spiro atoms. The van der Waals surface area contributed by atoms with E-state index >= 15 is 0 Å². The van der Waals surface area contributed by atoms with Crippen LogP contribution in [0.25, 0.3) is 11.2 Å². The van der Waals surface area contributed by atoms with Gasteiger partial charge in [-0.3, -0.25) is 4.57 Å². The Morgan fingerprint density at radius 2 is 2.20 bits per heavy atom. The molecule has 8 heteroatoms. The van der Waals surface area contributed by atoms with Crippen LogP contribution >= 0.6 is 0 Å². The van der Waals surface area contributed by atoms with Gasteiger partial charge in [0, 0.05) is 13.2 Å². The summed E-state index contributed by atoms with van der Waals surface area (Å²) in [6.07, 6.45) is 5.38. The van der Waals surface area contributed by atoms with Crippen LogP contribution in [0, 0.1) is 0 Å². The summed E-state index contributed by atoms with van der Waals surface area (Å²) in [5.74, 6) is 0.304. The largest absolute Gasteiger partial charge is 0.468 e. The fourth-order valence-corrected chi connectivity index (χ4v) is 3.18. The Kier molecular flexibility index (Phi) is 5.57. The molecule has 0 amide bonds. The Morgan fingerprint density at radius 3 is 2.88 bits per heavy atom. The topological polar surface area (TPSA) is 97.3 Å². The van der Waals surface area contributed by atoms with Crippen molar-refractivity contribution in [2.45, 2.75) is 64.7 Å². The Morgan fingerprint density at radius 1 is 1.36 bits per heavy atom. The first-order chi connectivity index (χ1) is 12.1. The lowest BCUT2D eigenvalue weighted by Crippen LogP contribution is -2.14. The predicted molar refractivity (Wildman–Crippen MR) is 94.9 cm³/mol. The SMILES string of the molecule is CCC[C@H](C)Oc1nc(N)c2nc(OC)n(CCC3CCCO3)c2n1. The third-order valence-electron chi connectivity index (χ3n) is 4.45. The third-order valence-corrected chi connectivity index (χ3v) is 4.45. The van der Waals surface area contributed by atoms with E-state index in [0.717, 1.165) is 38.7 Å². The van der Waals surface area contributed by atoms with Gasteiger partial charge in [-0.2, -0.15) is 15.0 Å². The fraction of sp³-hybridized carbons (Fsp3) is 0.706. The number of nitrogens with two attached hydrogens (primary N) is 1. The van der Waals surface area contributed by atoms with Crippen molar-refractivity contribution < 1.29 is 14.2 Å². The van der Waals surface area contributed by atoms with Gasteiger partial charge in [0.15, 0.2) is 17.0 Å². The number of rotatable bonds is 8. The molecular weight excluding hydrogens is 322 g/mol. The zero-order valence-electron chi connectivity index (χ0n) is 15.2. The zero-order chi connectivity index (χ0) is 17.8. The molecule has 0 aliphatic carbocycles. The molecule has 3 heterocycles. The normalized spacial score (nSPS) is 18.6. The van der Waals surface area contributed by atoms with Crippen LogP contribution < -0.4 is 15.2 Å². The molecule has 1 aliphatic rings. The molecular formula is C17H27N5O3. The van der Waals surface area contributed by atoms with E-state index in [-0.39, 0.29) is 18.2 Å². The number of anilines is 1. The highest BCUT2D eigenvalue weighted by molar-refractivity contribution is 5.83. The first-order valence-electron chi connectivity index (χ1n) is 8.98. The molecule has 1 fully saturated rings. The van der Waals surface area contributed by atoms with Crippen LogP contribution in [-0.4, -0.2) is 45.4 Å². The van der Waals surface area contributed by atoms with E-state index in [1.54, 1.807) is 7.11 Å². The van der Waals surface area contributed by atoms with Crippen molar-refractivity contribution in [3.05, 3.63) is 0 Å². The standard InChI is InChI=1S/C17H27N5O3/c1-4-6-11(2)25-16-20-14(18)13-15(21-16)22(17(19-13)23-3)9-8-12-7-5-10-24-12/h11-12H,4-10H2,1-3H3,(H2,18,20,21)/t11-,12?/m0/s1. The summed E-state index contributed by atoms with van der Waals surface area (Å²) >= 11 is 0. The van der Waals surface area contributed by atoms with Gasteiger partial charge in [-0.15, -0.1) is 0 Å². The average molecular weight is 349 g/mol. The van der Waals surface area contributed by atoms with Gasteiger partial charge in [0.2, 0.25) is 0 Å². The molecule has 1 aliphatic heterocycles. The van der Waals surface area contributed by atoms with E-state index < -0.39 is 0 Å². The summed E-state index contributed by atoms with van der Waals surface area (Å²) in [7, 11) is 1.59. The number of nitrogen functional groups attached to an aromatic ring is 1. The molecule has 0 bridgehead atoms. The Hall–Kier alpha value is -2.09. The molecule has 0 aromatic carbocycles. The van der Waals surface area contributed by atoms with Crippen molar-refractivity contribution in [2.75, 3.05) is 19.5 Å². The maximum Gasteiger partial charge on any atom is 0.320 e. The minimum atomic E-state index is 0.0343. The summed E-state index contributed by atoms with van der Waals surface area (Å²) in [4.78, 5) is 13.2. The molecule has 0 radical (unpaired) electrons. The third kappa shape index (κ3) is 3.95. The Bertz CT molecular complexity index is 712. The van der Waals surface area contributed by atoms with Crippen molar-refractivity contribution in [3.63, 3.8) is 0 Å². The fourth-order valence-electron chi connectivity index (χ4n) is 3.18. The number of methoxy groups -OCH3 is 1. The van der Waals surface area contributed by atoms with Crippen LogP contribution in [-0.2, 0) is 11.3 Å². The lowest BCUT2D eigenvalue weighted by Gasteiger charge is -2.13. The van der Waals surface area contributed by atoms with E-state index in [1.165, 1.54) is 0 Å². The molecule has 25 heavy (non-hydrogen) atoms. The second-order valence-corrected chi connectivity index (χ2v) is 6.45. The quantitative estimate of drug-likeness (QED) is 0.782. The maximum absolute atomic E-state index is 6.07. The first-order valence-corrected chi connectivity index (χ1v) is 8.98. The Balaban J connectivity index is 1.88. The molecule has 2 N–H and O–H groups in total. The van der Waals surface area contributed by atoms with Gasteiger partial charge >= 0.3 is 6.01 Å². The van der Waals surface area contributed by atoms with Crippen molar-refractivity contribution in [1.82, 2.24) is 19.5 Å². The lowest BCUT2D eigenvalue weighted by molar-refractivity contribution is 0.0999. The van der Waals surface area contributed by atoms with E-state index in [2.05, 4.69) is 21.9 Å². The summed E-state index contributed by atoms with van der Waals surface area (Å²) in [5.41, 5.74) is 7.26. The minimum absolute atomic E-state index is 0.0343. The number of hydrogen-bond acceptors (Lipinski definition) is 7. The minimum Gasteiger partial charge on any atom is -0.468 e. The van der Waals surface area contributed by atoms with Crippen LogP contribution in [0.15, 0.2) is 0 Å². The van der Waals surface area contributed by atoms with Gasteiger partial charge in [-0.25, -0.2) is 0 Å². The van der Waals surface area contributed by atoms with E-state index in [1.807, 2.05) is 11.5 Å². The van der Waals surface area contributed by atoms with E-state index in [4.69, 9.17) is 19.9 Å². The number of imidazole rings is 1. The van der Waals surface area contributed by atoms with Crippen LogP contribution in [0.3, 0.4) is 0 Å². The molecule has 2 aromatic heterocycles. The van der Waals surface area contributed by atoms with Gasteiger partial charge in [-0.1, -0.05) is 13.3 Å². The van der Waals surface area contributed by atoms with Gasteiger partial charge in [0.05, 0.1) is 19.3 Å². The first kappa shape index (κ1) is 17.7. The van der Waals surface area contributed by atoms with E-state index in [9.17, 15) is 0 Å². The van der Waals surface area contributed by atoms with Crippen LogP contribution in [0.2, 0.25) is 0 Å². The maximum atomic E-state index is 6.07. The molecule has 1 unspecified atom stereocenters. The number of ether oxygens (including phenoxy) is 3. The zero-order valence-corrected chi connectivity index (χ0v) is 15.2. The number of fused-ring (bicyclic) bond motifs is 1. The Labute approximate surface area is 147 Å². The molecule has 0 saturated carbocycles. The lowest BCUT2D eigenvalue weighted by atomic mass is 10.2. The van der Waals surface area contributed by atoms with Gasteiger partial charge in [0.25, 0.3) is 6.01 Å². The number of aromatic nitrogens is 4. The molecule has 8 nitrogen and oxygen atoms in total. The summed E-state index contributed by atoms with van der Waals surface area (Å²) < 4.78 is 18.8. The predicted octanol–water partition coefficient (Wildman–Crippen LogP) is 2.55. The highest BCUT2D eigenvalue weighted by atomic mass is 16.5. The highest BCUT2D eigenvalue weighted by Gasteiger charge is 2.21. The smallest absolute Gasteiger partial charge is 0.320 e. The van der Waals surface area contributed by atoms with E-state index in [0.29, 0.717) is 29.5 Å². The summed E-state index contributed by atoms with van der Waals surface area (Å²) in [6, 6.07) is 0.764. The molecule has 1 saturated heterocycles. The number of aryl methyl sites for hydroxylation is 1. The summed E-state index contributed by atoms with van der Waals surface area (Å²) in [5, 5.41) is 0. The van der Waals surface area contributed by atoms with Crippen LogP contribution in [0.4, 0.5) is 5.82 Å². The van der Waals surface area contributed by atoms with Crippen LogP contribution in [0.1, 0.15) is 46.0 Å². The second kappa shape index (κ2) is 7.86. The summed E-state index contributed by atoms with van der Waals surface area (Å²) in [6.45, 7) is 5.66. The second-order valence-electron chi connectivity index (χ2n) is 6.45. The van der Waals surface area contributed by atoms with Gasteiger partial charge in [-0.05, 0) is 32.6 Å². The van der Waals surface area contributed by atoms with Gasteiger partial charge in [0.1, 0.15) is 0 Å². The highest BCUT2D eigenvalue weighted by Crippen LogP contribution is 2.27. The van der Waals surface area contributed by atoms with Crippen molar-refractivity contribution >= 4 is 17.0 Å². The van der Waals surface area contributed by atoms with Crippen molar-refractivity contribution in [1.29, 1.82) is 0 Å². The monoisotopic (exact) mass is 349 g/mol. The molecule has 2 atom stereocenters.